The van der Waals surface area contributed by atoms with Crippen LogP contribution < -0.4 is 24.8 Å². The van der Waals surface area contributed by atoms with E-state index in [0.717, 1.165) is 0 Å². The van der Waals surface area contributed by atoms with Crippen LogP contribution in [0, 0.1) is 58.2 Å². The van der Waals surface area contributed by atoms with Crippen LogP contribution in [0.5, 0.6) is 0 Å². The van der Waals surface area contributed by atoms with Crippen molar-refractivity contribution in [2.75, 3.05) is 0 Å². The van der Waals surface area contributed by atoms with Crippen molar-refractivity contribution >= 4 is 0 Å². The average molecular weight is 581 g/mol. The summed E-state index contributed by atoms with van der Waals surface area (Å²) in [5.74, 6) is -19.3. The van der Waals surface area contributed by atoms with Crippen molar-refractivity contribution in [3.8, 4) is 22.3 Å². The molecule has 0 saturated heterocycles. The zero-order valence-corrected chi connectivity index (χ0v) is 19.7. The second kappa shape index (κ2) is 13.2. The molecular weight excluding hydrogens is 573 g/mol. The van der Waals surface area contributed by atoms with E-state index in [-0.39, 0.29) is 57.7 Å². The van der Waals surface area contributed by atoms with Crippen LogP contribution in [0.2, 0.25) is 0 Å². The molecule has 0 saturated carbocycles. The largest absolute Gasteiger partial charge is 4.00 e. The summed E-state index contributed by atoms with van der Waals surface area (Å²) in [6.07, 6.45) is 0. The van der Waals surface area contributed by atoms with Crippen molar-refractivity contribution in [2.45, 2.75) is 0 Å². The van der Waals surface area contributed by atoms with Crippen LogP contribution in [-0.2, 0) is 21.7 Å². The van der Waals surface area contributed by atoms with E-state index in [2.05, 4.69) is 0 Å². The van der Waals surface area contributed by atoms with E-state index in [0.29, 0.717) is 0 Å². The molecule has 0 radical (unpaired) electrons. The Morgan fingerprint density at radius 2 is 0.514 bits per heavy atom. The Kier molecular flexibility index (Phi) is 12.3. The van der Waals surface area contributed by atoms with Gasteiger partial charge in [0.15, 0.2) is 34.9 Å². The Balaban J connectivity index is 0.000000608. The number of hydrogen-bond donors (Lipinski definition) is 0. The van der Waals surface area contributed by atoms with Gasteiger partial charge in [-0.1, -0.05) is 11.1 Å². The Hall–Kier alpha value is -2.27. The fourth-order valence-electron chi connectivity index (χ4n) is 2.80. The van der Waals surface area contributed by atoms with Gasteiger partial charge in [-0.05, 0) is 11.1 Å². The van der Waals surface area contributed by atoms with Crippen LogP contribution in [0.25, 0.3) is 22.3 Å². The molecule has 35 heavy (non-hydrogen) atoms. The third-order valence-corrected chi connectivity index (χ3v) is 4.32. The minimum Gasteiger partial charge on any atom is -1.00 e. The third-order valence-electron chi connectivity index (χ3n) is 4.32. The van der Waals surface area contributed by atoms with Crippen molar-refractivity contribution in [1.29, 1.82) is 0 Å². The van der Waals surface area contributed by atoms with Gasteiger partial charge in [0, 0.05) is 0 Å². The van der Waals surface area contributed by atoms with E-state index < -0.39 is 69.3 Å². The Bertz CT molecular complexity index is 1110. The van der Waals surface area contributed by atoms with Gasteiger partial charge in [-0.25, -0.2) is 43.9 Å². The van der Waals surface area contributed by atoms with E-state index in [9.17, 15) is 43.9 Å². The monoisotopic (exact) mass is 580 g/mol. The van der Waals surface area contributed by atoms with Gasteiger partial charge in [0.05, 0.1) is 0 Å². The Labute approximate surface area is 219 Å². The number of halogens is 12. The van der Waals surface area contributed by atoms with Crippen molar-refractivity contribution in [3.05, 3.63) is 107 Å². The van der Waals surface area contributed by atoms with Crippen molar-refractivity contribution < 1.29 is 90.4 Å². The fraction of sp³-hybridized carbons (Fsp3) is 0. The van der Waals surface area contributed by atoms with Crippen LogP contribution in [0.4, 0.5) is 43.9 Å². The van der Waals surface area contributed by atoms with E-state index in [1.807, 2.05) is 0 Å². The van der Waals surface area contributed by atoms with Gasteiger partial charge in [0.25, 0.3) is 0 Å². The van der Waals surface area contributed by atoms with Crippen LogP contribution in [-0.4, -0.2) is 0 Å². The molecule has 0 atom stereocenters. The van der Waals surface area contributed by atoms with Crippen LogP contribution in [0.15, 0.2) is 48.5 Å². The molecule has 184 valence electrons. The second-order valence-corrected chi connectivity index (χ2v) is 6.24. The molecule has 0 aliphatic heterocycles. The van der Waals surface area contributed by atoms with Gasteiger partial charge < -0.3 is 24.8 Å². The molecule has 0 aromatic heterocycles. The quantitative estimate of drug-likeness (QED) is 0.111. The summed E-state index contributed by atoms with van der Waals surface area (Å²) in [6.45, 7) is 0. The summed E-state index contributed by atoms with van der Waals surface area (Å²) >= 11 is 0. The van der Waals surface area contributed by atoms with E-state index in [4.69, 9.17) is 0 Å². The molecule has 0 heterocycles. The Morgan fingerprint density at radius 1 is 0.343 bits per heavy atom. The molecule has 0 fully saturated rings. The SMILES string of the molecule is Fc1c(F)c(F)c(-[c-]2cccc2)c(F)c1F.Fc1c(F)c(F)c(-[c-]2cccc2)c(F)c1F.[Cl-].[Cl-].[Ti+4]. The summed E-state index contributed by atoms with van der Waals surface area (Å²) in [5.41, 5.74) is -1.90. The summed E-state index contributed by atoms with van der Waals surface area (Å²) in [4.78, 5) is 0. The van der Waals surface area contributed by atoms with Gasteiger partial charge in [-0.3, -0.25) is 0 Å². The zero-order chi connectivity index (χ0) is 23.7. The summed E-state index contributed by atoms with van der Waals surface area (Å²) in [5, 5.41) is 0. The van der Waals surface area contributed by atoms with Crippen LogP contribution in [0.3, 0.4) is 0 Å². The molecule has 4 aromatic rings. The minimum atomic E-state index is -2.15. The summed E-state index contributed by atoms with van der Waals surface area (Å²) in [6, 6.07) is 10.8. The number of rotatable bonds is 2. The molecule has 0 unspecified atom stereocenters. The third kappa shape index (κ3) is 6.12. The topological polar surface area (TPSA) is 0 Å². The average Bonchev–Trinajstić information content (AvgIpc) is 3.49. The van der Waals surface area contributed by atoms with Crippen LogP contribution >= 0.6 is 0 Å². The molecule has 0 aliphatic rings. The standard InChI is InChI=1S/2C11H4F5.2ClH.Ti/c2*12-7-6(5-3-1-2-4-5)8(13)10(15)11(16)9(7)14;;;/h2*1-4H;2*1H;/q2*-1;;;+4/p-2. The molecule has 4 rings (SSSR count). The van der Waals surface area contributed by atoms with Gasteiger partial charge in [0.2, 0.25) is 0 Å². The summed E-state index contributed by atoms with van der Waals surface area (Å²) in [7, 11) is 0. The van der Waals surface area contributed by atoms with Crippen LogP contribution in [0.1, 0.15) is 0 Å². The van der Waals surface area contributed by atoms with E-state index in [1.54, 1.807) is 0 Å². The molecule has 4 aromatic carbocycles. The number of hydrogen-bond acceptors (Lipinski definition) is 0. The normalized spacial score (nSPS) is 9.89. The zero-order valence-electron chi connectivity index (χ0n) is 16.7. The maximum atomic E-state index is 13.2. The second-order valence-electron chi connectivity index (χ2n) is 6.24. The molecule has 0 amide bonds. The first-order valence-corrected chi connectivity index (χ1v) is 8.54. The smallest absolute Gasteiger partial charge is 1.00 e. The predicted octanol–water partition coefficient (Wildman–Crippen LogP) is 1.54. The van der Waals surface area contributed by atoms with Crippen molar-refractivity contribution in [3.63, 3.8) is 0 Å². The molecule has 0 nitrogen and oxygen atoms in total. The maximum Gasteiger partial charge on any atom is 4.00 e. The predicted molar refractivity (Wildman–Crippen MR) is 94.5 cm³/mol. The first kappa shape index (κ1) is 32.7. The van der Waals surface area contributed by atoms with Crippen molar-refractivity contribution in [1.82, 2.24) is 0 Å². The van der Waals surface area contributed by atoms with Gasteiger partial charge in [-0.15, -0.1) is 24.3 Å². The van der Waals surface area contributed by atoms with E-state index in [1.165, 1.54) is 48.5 Å². The minimum absolute atomic E-state index is 0. The number of benzene rings is 2. The van der Waals surface area contributed by atoms with Crippen molar-refractivity contribution in [2.24, 2.45) is 0 Å². The summed E-state index contributed by atoms with van der Waals surface area (Å²) < 4.78 is 130. The maximum absolute atomic E-state index is 13.2. The van der Waals surface area contributed by atoms with Gasteiger partial charge in [-0.2, -0.15) is 24.3 Å². The fourth-order valence-corrected chi connectivity index (χ4v) is 2.80. The molecule has 0 spiro atoms. The van der Waals surface area contributed by atoms with E-state index >= 15 is 0 Å². The van der Waals surface area contributed by atoms with Gasteiger partial charge in [0.1, 0.15) is 23.3 Å². The first-order chi connectivity index (χ1) is 15.1. The Morgan fingerprint density at radius 3 is 0.714 bits per heavy atom. The molecule has 0 bridgehead atoms. The first-order valence-electron chi connectivity index (χ1n) is 8.54. The van der Waals surface area contributed by atoms with Gasteiger partial charge >= 0.3 is 21.7 Å². The molecule has 0 aliphatic carbocycles. The molecule has 13 heteroatoms. The molecule has 0 N–H and O–H groups in total. The molecular formula is C22H8Cl2F10Ti.